The summed E-state index contributed by atoms with van der Waals surface area (Å²) in [7, 11) is 0. The number of aromatic nitrogens is 1. The molecule has 1 aromatic carbocycles. The highest BCUT2D eigenvalue weighted by Gasteiger charge is 2.19. The molecule has 1 aliphatic rings. The van der Waals surface area contributed by atoms with Crippen molar-refractivity contribution < 1.29 is 0 Å². The van der Waals surface area contributed by atoms with Gasteiger partial charge in [-0.15, -0.1) is 0 Å². The van der Waals surface area contributed by atoms with E-state index in [0.29, 0.717) is 11.8 Å². The lowest BCUT2D eigenvalue weighted by atomic mass is 9.83. The van der Waals surface area contributed by atoms with Gasteiger partial charge in [-0.05, 0) is 59.9 Å². The van der Waals surface area contributed by atoms with Crippen LogP contribution in [0.5, 0.6) is 0 Å². The Morgan fingerprint density at radius 2 is 1.71 bits per heavy atom. The molecule has 0 spiro atoms. The van der Waals surface area contributed by atoms with E-state index in [1.54, 1.807) is 0 Å². The predicted molar refractivity (Wildman–Crippen MR) is 89.2 cm³/mol. The van der Waals surface area contributed by atoms with E-state index in [2.05, 4.69) is 42.2 Å². The third-order valence-corrected chi connectivity index (χ3v) is 4.82. The van der Waals surface area contributed by atoms with Crippen molar-refractivity contribution in [3.05, 3.63) is 65.5 Å². The zero-order valence-corrected chi connectivity index (χ0v) is 13.1. The molecule has 1 aliphatic carbocycles. The first-order chi connectivity index (χ1) is 10.2. The Kier molecular flexibility index (Phi) is 4.40. The fourth-order valence-electron chi connectivity index (χ4n) is 3.07. The average molecular weight is 298 g/mol. The van der Waals surface area contributed by atoms with Gasteiger partial charge in [0.05, 0.1) is 0 Å². The van der Waals surface area contributed by atoms with Gasteiger partial charge in [0.2, 0.25) is 0 Å². The quantitative estimate of drug-likeness (QED) is 0.733. The molecule has 0 radical (unpaired) electrons. The molecule has 1 nitrogen and oxygen atoms in total. The van der Waals surface area contributed by atoms with E-state index < -0.39 is 0 Å². The van der Waals surface area contributed by atoms with E-state index in [-0.39, 0.29) is 0 Å². The molecule has 2 unspecified atom stereocenters. The second-order valence-corrected chi connectivity index (χ2v) is 6.40. The van der Waals surface area contributed by atoms with E-state index in [4.69, 9.17) is 11.6 Å². The number of rotatable bonds is 3. The van der Waals surface area contributed by atoms with Crippen molar-refractivity contribution in [1.82, 2.24) is 4.98 Å². The summed E-state index contributed by atoms with van der Waals surface area (Å²) >= 11 is 6.18. The summed E-state index contributed by atoms with van der Waals surface area (Å²) in [4.78, 5) is 4.06. The van der Waals surface area contributed by atoms with Crippen LogP contribution in [0.4, 0.5) is 0 Å². The van der Waals surface area contributed by atoms with Crippen molar-refractivity contribution in [2.75, 3.05) is 0 Å². The molecule has 0 fully saturated rings. The zero-order chi connectivity index (χ0) is 14.7. The van der Waals surface area contributed by atoms with E-state index in [1.807, 2.05) is 24.5 Å². The Bertz CT molecular complexity index is 616. The summed E-state index contributed by atoms with van der Waals surface area (Å²) in [5, 5.41) is 1.04. The minimum absolute atomic E-state index is 0.515. The van der Waals surface area contributed by atoms with Crippen LogP contribution in [0.2, 0.25) is 0 Å². The lowest BCUT2D eigenvalue weighted by Crippen LogP contribution is -2.13. The largest absolute Gasteiger partial charge is 0.265 e. The molecule has 0 saturated heterocycles. The highest BCUT2D eigenvalue weighted by Crippen LogP contribution is 2.33. The summed E-state index contributed by atoms with van der Waals surface area (Å²) in [6.45, 7) is 2.22. The molecular weight excluding hydrogens is 278 g/mol. The van der Waals surface area contributed by atoms with E-state index in [0.717, 1.165) is 17.9 Å². The molecule has 0 saturated carbocycles. The van der Waals surface area contributed by atoms with Crippen LogP contribution < -0.4 is 0 Å². The highest BCUT2D eigenvalue weighted by molar-refractivity contribution is 6.29. The molecule has 21 heavy (non-hydrogen) atoms. The van der Waals surface area contributed by atoms with E-state index in [9.17, 15) is 0 Å². The number of nitrogens with zero attached hydrogens (tertiary/aromatic N) is 1. The summed E-state index contributed by atoms with van der Waals surface area (Å²) in [5.41, 5.74) is 3.88. The first-order valence-electron chi connectivity index (χ1n) is 7.57. The van der Waals surface area contributed by atoms with Crippen LogP contribution in [-0.2, 0) is 6.42 Å². The molecule has 3 rings (SSSR count). The Morgan fingerprint density at radius 1 is 1.05 bits per heavy atom. The van der Waals surface area contributed by atoms with Crippen molar-refractivity contribution in [3.63, 3.8) is 0 Å². The van der Waals surface area contributed by atoms with Crippen molar-refractivity contribution in [2.45, 2.75) is 26.2 Å². The Balaban J connectivity index is 1.68. The normalized spacial score (nSPS) is 21.9. The minimum atomic E-state index is 0.515. The second kappa shape index (κ2) is 6.44. The van der Waals surface area contributed by atoms with Gasteiger partial charge in [-0.1, -0.05) is 48.9 Å². The Hall–Kier alpha value is -1.60. The monoisotopic (exact) mass is 297 g/mol. The molecule has 108 valence electrons. The summed E-state index contributed by atoms with van der Waals surface area (Å²) < 4.78 is 0. The van der Waals surface area contributed by atoms with Gasteiger partial charge in [0.1, 0.15) is 0 Å². The minimum Gasteiger partial charge on any atom is -0.265 e. The van der Waals surface area contributed by atoms with Gasteiger partial charge in [-0.2, -0.15) is 0 Å². The maximum atomic E-state index is 6.18. The SMILES string of the molecule is CC1CC(Cc2ccc(-c3ccncc3)cc2)CC=C1Cl. The average Bonchev–Trinajstić information content (AvgIpc) is 2.53. The van der Waals surface area contributed by atoms with Crippen LogP contribution in [-0.4, -0.2) is 4.98 Å². The van der Waals surface area contributed by atoms with Gasteiger partial charge in [-0.3, -0.25) is 4.98 Å². The standard InChI is InChI=1S/C19H20ClN/c1-14-12-16(4-7-19(14)20)13-15-2-5-17(6-3-15)18-8-10-21-11-9-18/h2-3,5-11,14,16H,4,12-13H2,1H3. The van der Waals surface area contributed by atoms with Crippen LogP contribution in [0.3, 0.4) is 0 Å². The molecule has 1 heterocycles. The number of halogens is 1. The van der Waals surface area contributed by atoms with Gasteiger partial charge in [0, 0.05) is 17.4 Å². The Morgan fingerprint density at radius 3 is 2.38 bits per heavy atom. The van der Waals surface area contributed by atoms with Crippen LogP contribution in [0.15, 0.2) is 59.9 Å². The fraction of sp³-hybridized carbons (Fsp3) is 0.316. The van der Waals surface area contributed by atoms with Crippen molar-refractivity contribution in [1.29, 1.82) is 0 Å². The van der Waals surface area contributed by atoms with Gasteiger partial charge >= 0.3 is 0 Å². The summed E-state index contributed by atoms with van der Waals surface area (Å²) in [6, 6.07) is 13.0. The maximum absolute atomic E-state index is 6.18. The van der Waals surface area contributed by atoms with Crippen LogP contribution in [0.25, 0.3) is 11.1 Å². The number of benzene rings is 1. The number of hydrogen-bond donors (Lipinski definition) is 0. The lowest BCUT2D eigenvalue weighted by molar-refractivity contribution is 0.408. The lowest BCUT2D eigenvalue weighted by Gasteiger charge is -2.24. The fourth-order valence-corrected chi connectivity index (χ4v) is 3.25. The maximum Gasteiger partial charge on any atom is 0.0273 e. The third-order valence-electron chi connectivity index (χ3n) is 4.30. The van der Waals surface area contributed by atoms with Crippen molar-refractivity contribution >= 4 is 11.6 Å². The molecule has 2 heteroatoms. The van der Waals surface area contributed by atoms with Gasteiger partial charge in [0.15, 0.2) is 0 Å². The van der Waals surface area contributed by atoms with Crippen LogP contribution in [0.1, 0.15) is 25.3 Å². The van der Waals surface area contributed by atoms with Gasteiger partial charge in [-0.25, -0.2) is 0 Å². The molecule has 2 atom stereocenters. The molecule has 0 aliphatic heterocycles. The molecule has 0 amide bonds. The van der Waals surface area contributed by atoms with Gasteiger partial charge < -0.3 is 0 Å². The van der Waals surface area contributed by atoms with Crippen molar-refractivity contribution in [2.24, 2.45) is 11.8 Å². The van der Waals surface area contributed by atoms with Gasteiger partial charge in [0.25, 0.3) is 0 Å². The number of pyridine rings is 1. The second-order valence-electron chi connectivity index (χ2n) is 5.96. The highest BCUT2D eigenvalue weighted by atomic mass is 35.5. The topological polar surface area (TPSA) is 12.9 Å². The molecule has 0 N–H and O–H groups in total. The zero-order valence-electron chi connectivity index (χ0n) is 12.3. The van der Waals surface area contributed by atoms with Crippen molar-refractivity contribution in [3.8, 4) is 11.1 Å². The summed E-state index contributed by atoms with van der Waals surface area (Å²) in [6.07, 6.45) is 9.32. The first-order valence-corrected chi connectivity index (χ1v) is 7.95. The molecule has 1 aromatic heterocycles. The van der Waals surface area contributed by atoms with Crippen LogP contribution >= 0.6 is 11.6 Å². The smallest absolute Gasteiger partial charge is 0.0273 e. The first kappa shape index (κ1) is 14.3. The third kappa shape index (κ3) is 3.54. The molecule has 0 bridgehead atoms. The number of allylic oxidation sites excluding steroid dienone is 2. The Labute approximate surface area is 131 Å². The van der Waals surface area contributed by atoms with E-state index >= 15 is 0 Å². The molecule has 2 aromatic rings. The number of hydrogen-bond acceptors (Lipinski definition) is 1. The predicted octanol–water partition coefficient (Wildman–Crippen LogP) is 5.46. The molecular formula is C19H20ClN. The van der Waals surface area contributed by atoms with Crippen LogP contribution in [0, 0.1) is 11.8 Å². The van der Waals surface area contributed by atoms with E-state index in [1.165, 1.54) is 23.1 Å². The summed E-state index contributed by atoms with van der Waals surface area (Å²) in [5.74, 6) is 1.23.